The Labute approximate surface area is 126 Å². The quantitative estimate of drug-likeness (QED) is 0.918. The van der Waals surface area contributed by atoms with Crippen LogP contribution in [0.25, 0.3) is 0 Å². The Morgan fingerprint density at radius 2 is 2.11 bits per heavy atom. The molecule has 0 radical (unpaired) electrons. The zero-order valence-electron chi connectivity index (χ0n) is 10.7. The van der Waals surface area contributed by atoms with Gasteiger partial charge in [0.2, 0.25) is 0 Å². The van der Waals surface area contributed by atoms with Crippen molar-refractivity contribution >= 4 is 27.5 Å². The summed E-state index contributed by atoms with van der Waals surface area (Å²) in [4.78, 5) is 4.18. The van der Waals surface area contributed by atoms with E-state index in [4.69, 9.17) is 16.3 Å². The van der Waals surface area contributed by atoms with Gasteiger partial charge in [-0.1, -0.05) is 33.6 Å². The van der Waals surface area contributed by atoms with Crippen LogP contribution in [0.15, 0.2) is 41.1 Å². The third-order valence-corrected chi connectivity index (χ3v) is 3.69. The number of halogens is 2. The average Bonchev–Trinajstić information content (AvgIpc) is 2.42. The van der Waals surface area contributed by atoms with E-state index >= 15 is 0 Å². The zero-order valence-corrected chi connectivity index (χ0v) is 13.0. The first kappa shape index (κ1) is 14.3. The second-order valence-corrected chi connectivity index (χ2v) is 5.37. The van der Waals surface area contributed by atoms with Crippen LogP contribution in [-0.4, -0.2) is 19.1 Å². The topological polar surface area (TPSA) is 34.2 Å². The van der Waals surface area contributed by atoms with E-state index < -0.39 is 0 Å². The SMILES string of the molecule is CNC(c1cncc(OC)c1)c1ccc(Br)cc1Cl. The molecule has 2 aromatic rings. The Balaban J connectivity index is 2.43. The summed E-state index contributed by atoms with van der Waals surface area (Å²) in [6.45, 7) is 0. The Morgan fingerprint density at radius 3 is 2.74 bits per heavy atom. The van der Waals surface area contributed by atoms with Gasteiger partial charge >= 0.3 is 0 Å². The molecule has 0 spiro atoms. The van der Waals surface area contributed by atoms with Gasteiger partial charge in [0.05, 0.1) is 19.3 Å². The minimum Gasteiger partial charge on any atom is -0.495 e. The van der Waals surface area contributed by atoms with Crippen LogP contribution in [0.2, 0.25) is 5.02 Å². The highest BCUT2D eigenvalue weighted by Crippen LogP contribution is 2.31. The van der Waals surface area contributed by atoms with E-state index in [1.165, 1.54) is 0 Å². The zero-order chi connectivity index (χ0) is 13.8. The van der Waals surface area contributed by atoms with Crippen LogP contribution in [0.3, 0.4) is 0 Å². The number of aromatic nitrogens is 1. The highest BCUT2D eigenvalue weighted by Gasteiger charge is 2.16. The maximum atomic E-state index is 6.30. The van der Waals surface area contributed by atoms with E-state index in [9.17, 15) is 0 Å². The van der Waals surface area contributed by atoms with Crippen LogP contribution in [0.4, 0.5) is 0 Å². The molecular formula is C14H14BrClN2O. The fourth-order valence-electron chi connectivity index (χ4n) is 1.94. The van der Waals surface area contributed by atoms with Gasteiger partial charge in [0, 0.05) is 15.7 Å². The smallest absolute Gasteiger partial charge is 0.137 e. The lowest BCUT2D eigenvalue weighted by molar-refractivity contribution is 0.411. The molecule has 0 aliphatic carbocycles. The van der Waals surface area contributed by atoms with Crippen molar-refractivity contribution in [1.82, 2.24) is 10.3 Å². The van der Waals surface area contributed by atoms with E-state index in [-0.39, 0.29) is 6.04 Å². The number of ether oxygens (including phenoxy) is 1. The van der Waals surface area contributed by atoms with Crippen molar-refractivity contribution in [3.05, 3.63) is 57.3 Å². The third-order valence-electron chi connectivity index (χ3n) is 2.87. The van der Waals surface area contributed by atoms with Crippen LogP contribution in [-0.2, 0) is 0 Å². The molecule has 2 rings (SSSR count). The summed E-state index contributed by atoms with van der Waals surface area (Å²) in [6.07, 6.45) is 3.49. The Kier molecular flexibility index (Phi) is 4.80. The van der Waals surface area contributed by atoms with Gasteiger partial charge in [0.1, 0.15) is 5.75 Å². The molecule has 0 aliphatic rings. The number of methoxy groups -OCH3 is 1. The molecule has 1 N–H and O–H groups in total. The van der Waals surface area contributed by atoms with Gasteiger partial charge in [0.25, 0.3) is 0 Å². The Morgan fingerprint density at radius 1 is 1.32 bits per heavy atom. The van der Waals surface area contributed by atoms with Gasteiger partial charge in [-0.15, -0.1) is 0 Å². The predicted molar refractivity (Wildman–Crippen MR) is 80.8 cm³/mol. The second kappa shape index (κ2) is 6.37. The molecule has 19 heavy (non-hydrogen) atoms. The average molecular weight is 342 g/mol. The van der Waals surface area contributed by atoms with E-state index in [1.54, 1.807) is 13.3 Å². The number of hydrogen-bond acceptors (Lipinski definition) is 3. The molecule has 5 heteroatoms. The number of nitrogens with zero attached hydrogens (tertiary/aromatic N) is 1. The summed E-state index contributed by atoms with van der Waals surface area (Å²) in [7, 11) is 3.52. The molecule has 1 atom stereocenters. The number of benzene rings is 1. The largest absolute Gasteiger partial charge is 0.495 e. The lowest BCUT2D eigenvalue weighted by Crippen LogP contribution is -2.18. The lowest BCUT2D eigenvalue weighted by atomic mass is 10.0. The Hall–Kier alpha value is -1.10. The predicted octanol–water partition coefficient (Wildman–Crippen LogP) is 3.81. The van der Waals surface area contributed by atoms with Crippen LogP contribution >= 0.6 is 27.5 Å². The van der Waals surface area contributed by atoms with E-state index in [1.807, 2.05) is 37.5 Å². The van der Waals surface area contributed by atoms with Gasteiger partial charge in [-0.25, -0.2) is 0 Å². The van der Waals surface area contributed by atoms with Crippen molar-refractivity contribution in [2.75, 3.05) is 14.2 Å². The van der Waals surface area contributed by atoms with Crippen molar-refractivity contribution in [2.45, 2.75) is 6.04 Å². The molecule has 0 aliphatic heterocycles. The summed E-state index contributed by atoms with van der Waals surface area (Å²) in [5.41, 5.74) is 2.01. The van der Waals surface area contributed by atoms with Gasteiger partial charge in [-0.05, 0) is 36.4 Å². The highest BCUT2D eigenvalue weighted by molar-refractivity contribution is 9.10. The summed E-state index contributed by atoms with van der Waals surface area (Å²) < 4.78 is 6.16. The first-order valence-electron chi connectivity index (χ1n) is 5.77. The number of nitrogens with one attached hydrogen (secondary N) is 1. The summed E-state index contributed by atoms with van der Waals surface area (Å²) in [6, 6.07) is 7.77. The van der Waals surface area contributed by atoms with E-state index in [0.29, 0.717) is 5.02 Å². The summed E-state index contributed by atoms with van der Waals surface area (Å²) in [5, 5.41) is 3.96. The Bertz CT molecular complexity index is 577. The molecule has 0 fully saturated rings. The van der Waals surface area contributed by atoms with Crippen LogP contribution in [0, 0.1) is 0 Å². The van der Waals surface area contributed by atoms with Crippen LogP contribution in [0.5, 0.6) is 5.75 Å². The molecule has 3 nitrogen and oxygen atoms in total. The number of hydrogen-bond donors (Lipinski definition) is 1. The van der Waals surface area contributed by atoms with Crippen molar-refractivity contribution in [3.8, 4) is 5.75 Å². The van der Waals surface area contributed by atoms with Crippen molar-refractivity contribution in [3.63, 3.8) is 0 Å². The van der Waals surface area contributed by atoms with Crippen molar-refractivity contribution in [2.24, 2.45) is 0 Å². The van der Waals surface area contributed by atoms with Crippen LogP contribution < -0.4 is 10.1 Å². The second-order valence-electron chi connectivity index (χ2n) is 4.05. The molecule has 1 aromatic heterocycles. The first-order valence-corrected chi connectivity index (χ1v) is 6.94. The fourth-order valence-corrected chi connectivity index (χ4v) is 2.72. The fraction of sp³-hybridized carbons (Fsp3) is 0.214. The van der Waals surface area contributed by atoms with E-state index in [2.05, 4.69) is 26.2 Å². The minimum atomic E-state index is -0.0248. The molecular weight excluding hydrogens is 328 g/mol. The minimum absolute atomic E-state index is 0.0248. The normalized spacial score (nSPS) is 12.2. The van der Waals surface area contributed by atoms with Gasteiger partial charge in [0.15, 0.2) is 0 Å². The summed E-state index contributed by atoms with van der Waals surface area (Å²) in [5.74, 6) is 0.728. The maximum absolute atomic E-state index is 6.30. The molecule has 100 valence electrons. The molecule has 1 heterocycles. The maximum Gasteiger partial charge on any atom is 0.137 e. The third kappa shape index (κ3) is 3.26. The van der Waals surface area contributed by atoms with Crippen molar-refractivity contribution < 1.29 is 4.74 Å². The van der Waals surface area contributed by atoms with E-state index in [0.717, 1.165) is 21.3 Å². The molecule has 0 bridgehead atoms. The lowest BCUT2D eigenvalue weighted by Gasteiger charge is -2.19. The van der Waals surface area contributed by atoms with Gasteiger partial charge < -0.3 is 10.1 Å². The number of rotatable bonds is 4. The highest BCUT2D eigenvalue weighted by atomic mass is 79.9. The molecule has 0 amide bonds. The molecule has 0 saturated carbocycles. The van der Waals surface area contributed by atoms with Crippen molar-refractivity contribution in [1.29, 1.82) is 0 Å². The molecule has 1 unspecified atom stereocenters. The molecule has 1 aromatic carbocycles. The monoisotopic (exact) mass is 340 g/mol. The standard InChI is InChI=1S/C14H14BrClN2O/c1-17-14(9-5-11(19-2)8-18-7-9)12-4-3-10(15)6-13(12)16/h3-8,14,17H,1-2H3. The molecule has 0 saturated heterocycles. The summed E-state index contributed by atoms with van der Waals surface area (Å²) >= 11 is 9.71. The number of pyridine rings is 1. The van der Waals surface area contributed by atoms with Crippen LogP contribution in [0.1, 0.15) is 17.2 Å². The first-order chi connectivity index (χ1) is 9.15. The van der Waals surface area contributed by atoms with Gasteiger partial charge in [-0.3, -0.25) is 4.98 Å². The van der Waals surface area contributed by atoms with Gasteiger partial charge in [-0.2, -0.15) is 0 Å².